The van der Waals surface area contributed by atoms with Crippen molar-refractivity contribution in [1.29, 1.82) is 5.26 Å². The quantitative estimate of drug-likeness (QED) is 0.923. The lowest BCUT2D eigenvalue weighted by Crippen LogP contribution is -2.50. The van der Waals surface area contributed by atoms with Crippen LogP contribution in [0.5, 0.6) is 0 Å². The highest BCUT2D eigenvalue weighted by Gasteiger charge is 2.53. The Kier molecular flexibility index (Phi) is 4.40. The highest BCUT2D eigenvalue weighted by molar-refractivity contribution is 5.31. The molecule has 0 radical (unpaired) electrons. The van der Waals surface area contributed by atoms with E-state index in [-0.39, 0.29) is 24.7 Å². The second-order valence-electron chi connectivity index (χ2n) is 6.33. The maximum absolute atomic E-state index is 9.57. The molecule has 2 heterocycles. The number of fused-ring (bicyclic) bond motifs is 1. The smallest absolute Gasteiger partial charge is 0.140 e. The van der Waals surface area contributed by atoms with Crippen molar-refractivity contribution in [2.75, 3.05) is 20.3 Å². The SMILES string of the molecule is COC[C@H]1[C@H](c2ccccc2)O[C@]2(C)C[C@H](CO)C=C(C#N)N12. The molecule has 0 unspecified atom stereocenters. The van der Waals surface area contributed by atoms with Crippen LogP contribution in [0, 0.1) is 17.2 Å². The zero-order chi connectivity index (χ0) is 16.4. The van der Waals surface area contributed by atoms with Crippen molar-refractivity contribution >= 4 is 0 Å². The largest absolute Gasteiger partial charge is 0.396 e. The van der Waals surface area contributed by atoms with Crippen molar-refractivity contribution in [2.24, 2.45) is 5.92 Å². The third kappa shape index (κ3) is 2.74. The van der Waals surface area contributed by atoms with Crippen LogP contribution in [0.25, 0.3) is 0 Å². The van der Waals surface area contributed by atoms with Gasteiger partial charge in [0.05, 0.1) is 12.6 Å². The molecule has 1 aromatic carbocycles. The van der Waals surface area contributed by atoms with Crippen molar-refractivity contribution < 1.29 is 14.6 Å². The van der Waals surface area contributed by atoms with E-state index in [2.05, 4.69) is 6.07 Å². The first-order valence-corrected chi connectivity index (χ1v) is 7.86. The van der Waals surface area contributed by atoms with E-state index in [1.54, 1.807) is 7.11 Å². The molecule has 0 aromatic heterocycles. The number of allylic oxidation sites excluding steroid dienone is 1. The van der Waals surface area contributed by atoms with Crippen LogP contribution in [0.1, 0.15) is 25.0 Å². The van der Waals surface area contributed by atoms with E-state index in [4.69, 9.17) is 9.47 Å². The van der Waals surface area contributed by atoms with Crippen molar-refractivity contribution in [1.82, 2.24) is 4.90 Å². The van der Waals surface area contributed by atoms with Gasteiger partial charge in [0.15, 0.2) is 0 Å². The van der Waals surface area contributed by atoms with Gasteiger partial charge in [-0.3, -0.25) is 0 Å². The van der Waals surface area contributed by atoms with Crippen LogP contribution in [0.2, 0.25) is 0 Å². The maximum atomic E-state index is 9.57. The van der Waals surface area contributed by atoms with E-state index in [0.29, 0.717) is 18.7 Å². The fourth-order valence-electron chi connectivity index (χ4n) is 3.80. The Balaban J connectivity index is 2.02. The van der Waals surface area contributed by atoms with Gasteiger partial charge in [-0.15, -0.1) is 0 Å². The number of aliphatic hydroxyl groups is 1. The molecule has 23 heavy (non-hydrogen) atoms. The summed E-state index contributed by atoms with van der Waals surface area (Å²) in [5.74, 6) is -0.0661. The van der Waals surface area contributed by atoms with E-state index in [9.17, 15) is 10.4 Å². The molecule has 0 bridgehead atoms. The molecule has 2 aliphatic heterocycles. The average Bonchev–Trinajstić information content (AvgIpc) is 2.87. The molecule has 1 N–H and O–H groups in total. The zero-order valence-electron chi connectivity index (χ0n) is 13.5. The lowest BCUT2D eigenvalue weighted by Gasteiger charge is -2.42. The first kappa shape index (κ1) is 16.0. The van der Waals surface area contributed by atoms with Gasteiger partial charge in [-0.1, -0.05) is 30.3 Å². The van der Waals surface area contributed by atoms with Gasteiger partial charge in [0, 0.05) is 26.1 Å². The number of hydrogen-bond donors (Lipinski definition) is 1. The van der Waals surface area contributed by atoms with Gasteiger partial charge in [0.25, 0.3) is 0 Å². The molecular formula is C18H22N2O3. The summed E-state index contributed by atoms with van der Waals surface area (Å²) >= 11 is 0. The summed E-state index contributed by atoms with van der Waals surface area (Å²) in [6.45, 7) is 2.48. The number of hydrogen-bond acceptors (Lipinski definition) is 5. The highest BCUT2D eigenvalue weighted by atomic mass is 16.5. The van der Waals surface area contributed by atoms with Gasteiger partial charge in [0.1, 0.15) is 23.6 Å². The zero-order valence-corrected chi connectivity index (χ0v) is 13.5. The van der Waals surface area contributed by atoms with Gasteiger partial charge < -0.3 is 19.5 Å². The summed E-state index contributed by atoms with van der Waals surface area (Å²) in [5, 5.41) is 19.1. The first-order chi connectivity index (χ1) is 11.1. The van der Waals surface area contributed by atoms with E-state index in [0.717, 1.165) is 5.56 Å². The van der Waals surface area contributed by atoms with Crippen LogP contribution < -0.4 is 0 Å². The molecular weight excluding hydrogens is 292 g/mol. The topological polar surface area (TPSA) is 65.7 Å². The molecule has 5 heteroatoms. The molecule has 5 nitrogen and oxygen atoms in total. The molecule has 0 saturated carbocycles. The summed E-state index contributed by atoms with van der Waals surface area (Å²) in [6.07, 6.45) is 2.33. The lowest BCUT2D eigenvalue weighted by molar-refractivity contribution is -0.100. The summed E-state index contributed by atoms with van der Waals surface area (Å²) in [6, 6.07) is 12.2. The summed E-state index contributed by atoms with van der Waals surface area (Å²) < 4.78 is 11.8. The average molecular weight is 314 g/mol. The summed E-state index contributed by atoms with van der Waals surface area (Å²) in [7, 11) is 1.66. The lowest BCUT2D eigenvalue weighted by atomic mass is 9.91. The normalized spacial score (nSPS) is 33.0. The number of nitriles is 1. The molecule has 1 fully saturated rings. The van der Waals surface area contributed by atoms with E-state index in [1.165, 1.54) is 0 Å². The van der Waals surface area contributed by atoms with Crippen LogP contribution >= 0.6 is 0 Å². The van der Waals surface area contributed by atoms with Crippen LogP contribution in [0.4, 0.5) is 0 Å². The minimum absolute atomic E-state index is 0.0168. The molecule has 2 aliphatic rings. The molecule has 1 saturated heterocycles. The Morgan fingerprint density at radius 3 is 2.78 bits per heavy atom. The molecule has 3 rings (SSSR count). The second-order valence-corrected chi connectivity index (χ2v) is 6.33. The minimum Gasteiger partial charge on any atom is -0.396 e. The van der Waals surface area contributed by atoms with Crippen molar-refractivity contribution in [2.45, 2.75) is 31.2 Å². The summed E-state index contributed by atoms with van der Waals surface area (Å²) in [5.41, 5.74) is 1.01. The number of rotatable bonds is 4. The molecule has 0 amide bonds. The Morgan fingerprint density at radius 1 is 1.43 bits per heavy atom. The van der Waals surface area contributed by atoms with Gasteiger partial charge in [-0.25, -0.2) is 0 Å². The standard InChI is InChI=1S/C18H22N2O3/c1-18-9-13(11-21)8-15(10-19)20(18)16(12-22-2)17(23-18)14-6-4-3-5-7-14/h3-8,13,16-17,21H,9,11-12H2,1-2H3/t13-,16+,17+,18-/m1/s1. The monoisotopic (exact) mass is 314 g/mol. The van der Waals surface area contributed by atoms with E-state index < -0.39 is 5.72 Å². The number of methoxy groups -OCH3 is 1. The Morgan fingerprint density at radius 2 is 2.17 bits per heavy atom. The highest BCUT2D eigenvalue weighted by Crippen LogP contribution is 2.48. The van der Waals surface area contributed by atoms with Crippen LogP contribution in [-0.2, 0) is 9.47 Å². The van der Waals surface area contributed by atoms with E-state index in [1.807, 2.05) is 48.2 Å². The predicted molar refractivity (Wildman–Crippen MR) is 85.1 cm³/mol. The van der Waals surface area contributed by atoms with Crippen LogP contribution in [0.3, 0.4) is 0 Å². The fraction of sp³-hybridized carbons (Fsp3) is 0.500. The fourth-order valence-corrected chi connectivity index (χ4v) is 3.80. The van der Waals surface area contributed by atoms with Gasteiger partial charge in [-0.2, -0.15) is 5.26 Å². The molecule has 0 aliphatic carbocycles. The van der Waals surface area contributed by atoms with Crippen LogP contribution in [-0.4, -0.2) is 42.1 Å². The summed E-state index contributed by atoms with van der Waals surface area (Å²) in [4.78, 5) is 2.03. The number of aliphatic hydroxyl groups excluding tert-OH is 1. The maximum Gasteiger partial charge on any atom is 0.140 e. The number of nitrogens with zero attached hydrogens (tertiary/aromatic N) is 2. The molecule has 1 aromatic rings. The molecule has 4 atom stereocenters. The minimum atomic E-state index is -0.614. The molecule has 0 spiro atoms. The third-order valence-electron chi connectivity index (χ3n) is 4.68. The Labute approximate surface area is 136 Å². The van der Waals surface area contributed by atoms with Crippen molar-refractivity contribution in [3.63, 3.8) is 0 Å². The van der Waals surface area contributed by atoms with Gasteiger partial charge >= 0.3 is 0 Å². The predicted octanol–water partition coefficient (Wildman–Crippen LogP) is 2.21. The van der Waals surface area contributed by atoms with Crippen molar-refractivity contribution in [3.8, 4) is 6.07 Å². The Bertz CT molecular complexity index is 625. The first-order valence-electron chi connectivity index (χ1n) is 7.86. The van der Waals surface area contributed by atoms with Crippen LogP contribution in [0.15, 0.2) is 42.1 Å². The third-order valence-corrected chi connectivity index (χ3v) is 4.68. The second kappa shape index (κ2) is 6.32. The van der Waals surface area contributed by atoms with Crippen molar-refractivity contribution in [3.05, 3.63) is 47.7 Å². The molecule has 122 valence electrons. The number of ether oxygens (including phenoxy) is 2. The van der Waals surface area contributed by atoms with Gasteiger partial charge in [-0.05, 0) is 18.6 Å². The Hall–Kier alpha value is -1.87. The number of benzene rings is 1. The van der Waals surface area contributed by atoms with E-state index >= 15 is 0 Å². The van der Waals surface area contributed by atoms with Gasteiger partial charge in [0.2, 0.25) is 0 Å².